The van der Waals surface area contributed by atoms with Crippen LogP contribution in [0.15, 0.2) is 35.1 Å². The van der Waals surface area contributed by atoms with Crippen molar-refractivity contribution in [2.24, 2.45) is 7.05 Å². The molecule has 0 aliphatic carbocycles. The Hall–Kier alpha value is -2.27. The minimum Gasteiger partial charge on any atom is -0.379 e. The Bertz CT molecular complexity index is 1080. The molecule has 2 aliphatic heterocycles. The molecule has 0 radical (unpaired) electrons. The van der Waals surface area contributed by atoms with Crippen molar-refractivity contribution in [3.8, 4) is 0 Å². The molecule has 0 N–H and O–H groups in total. The van der Waals surface area contributed by atoms with Crippen molar-refractivity contribution < 1.29 is 17.9 Å². The zero-order chi connectivity index (χ0) is 20.6. The van der Waals surface area contributed by atoms with E-state index in [2.05, 4.69) is 0 Å². The average Bonchev–Trinajstić information content (AvgIpc) is 2.76. The van der Waals surface area contributed by atoms with Gasteiger partial charge in [0.05, 0.1) is 24.3 Å². The van der Waals surface area contributed by atoms with Crippen LogP contribution in [0.5, 0.6) is 0 Å². The monoisotopic (exact) mass is 420 g/mol. The number of piperazine rings is 1. The molecule has 0 atom stereocenters. The number of pyridine rings is 1. The topological polar surface area (TPSA) is 92.2 Å². The quantitative estimate of drug-likeness (QED) is 0.690. The van der Waals surface area contributed by atoms with Crippen molar-refractivity contribution in [2.45, 2.75) is 0 Å². The third-order valence-corrected chi connectivity index (χ3v) is 7.57. The van der Waals surface area contributed by atoms with E-state index in [0.29, 0.717) is 42.8 Å². The summed E-state index contributed by atoms with van der Waals surface area (Å²) >= 11 is 0. The predicted octanol–water partition coefficient (Wildman–Crippen LogP) is -0.127. The van der Waals surface area contributed by atoms with Crippen LogP contribution in [-0.4, -0.2) is 84.9 Å². The number of rotatable bonds is 3. The highest BCUT2D eigenvalue weighted by Crippen LogP contribution is 2.20. The second-order valence-corrected chi connectivity index (χ2v) is 9.11. The normalized spacial score (nSPS) is 19.6. The number of hydrogen-bond donors (Lipinski definition) is 0. The molecular formula is C19H24N4O5S. The summed E-state index contributed by atoms with van der Waals surface area (Å²) in [6, 6.07) is 8.64. The number of benzene rings is 1. The molecule has 156 valence electrons. The summed E-state index contributed by atoms with van der Waals surface area (Å²) in [5, 5.41) is 0.711. The van der Waals surface area contributed by atoms with Gasteiger partial charge in [-0.05, 0) is 6.07 Å². The fraction of sp³-hybridized carbons (Fsp3) is 0.474. The molecule has 29 heavy (non-hydrogen) atoms. The highest BCUT2D eigenvalue weighted by atomic mass is 32.2. The smallest absolute Gasteiger partial charge is 0.282 e. The van der Waals surface area contributed by atoms with Gasteiger partial charge in [-0.3, -0.25) is 9.59 Å². The summed E-state index contributed by atoms with van der Waals surface area (Å²) in [5.74, 6) is -0.248. The maximum absolute atomic E-state index is 13.1. The van der Waals surface area contributed by atoms with Crippen molar-refractivity contribution >= 4 is 27.0 Å². The summed E-state index contributed by atoms with van der Waals surface area (Å²) in [5.41, 5.74) is 0.797. The molecule has 3 heterocycles. The molecule has 2 fully saturated rings. The summed E-state index contributed by atoms with van der Waals surface area (Å²) in [7, 11) is -1.88. The number of amides is 1. The number of para-hydroxylation sites is 1. The SMILES string of the molecule is Cn1c(=O)cc(C(=O)N2CCN(S(=O)(=O)N3CCOCC3)CC2)c2ccccc21. The van der Waals surface area contributed by atoms with Gasteiger partial charge >= 0.3 is 0 Å². The Morgan fingerprint density at radius 2 is 1.59 bits per heavy atom. The van der Waals surface area contributed by atoms with Gasteiger partial charge in [-0.1, -0.05) is 18.2 Å². The standard InChI is InChI=1S/C19H24N4O5S/c1-20-17-5-3-2-4-15(17)16(14-18(20)24)19(25)21-6-8-22(9-7-21)29(26,27)23-10-12-28-13-11-23/h2-5,14H,6-13H2,1H3. The van der Waals surface area contributed by atoms with Gasteiger partial charge < -0.3 is 14.2 Å². The van der Waals surface area contributed by atoms with Crippen LogP contribution < -0.4 is 5.56 Å². The maximum Gasteiger partial charge on any atom is 0.282 e. The Morgan fingerprint density at radius 3 is 2.28 bits per heavy atom. The number of fused-ring (bicyclic) bond motifs is 1. The maximum atomic E-state index is 13.1. The van der Waals surface area contributed by atoms with Crippen LogP contribution in [0.4, 0.5) is 0 Å². The Morgan fingerprint density at radius 1 is 0.966 bits per heavy atom. The van der Waals surface area contributed by atoms with Crippen LogP contribution in [0, 0.1) is 0 Å². The third kappa shape index (κ3) is 3.68. The number of aromatic nitrogens is 1. The summed E-state index contributed by atoms with van der Waals surface area (Å²) in [6.45, 7) is 2.52. The lowest BCUT2D eigenvalue weighted by molar-refractivity contribution is 0.0637. The van der Waals surface area contributed by atoms with Crippen molar-refractivity contribution in [2.75, 3.05) is 52.5 Å². The second-order valence-electron chi connectivity index (χ2n) is 7.18. The lowest BCUT2D eigenvalue weighted by atomic mass is 10.1. The number of aryl methyl sites for hydroxylation is 1. The molecule has 0 unspecified atom stereocenters. The Balaban J connectivity index is 1.52. The number of carbonyl (C=O) groups excluding carboxylic acids is 1. The summed E-state index contributed by atoms with van der Waals surface area (Å²) < 4.78 is 35.2. The molecule has 9 nitrogen and oxygen atoms in total. The van der Waals surface area contributed by atoms with Gasteiger partial charge in [0.15, 0.2) is 0 Å². The molecular weight excluding hydrogens is 396 g/mol. The zero-order valence-corrected chi connectivity index (χ0v) is 17.1. The van der Waals surface area contributed by atoms with Crippen LogP contribution in [0.1, 0.15) is 10.4 Å². The first-order valence-electron chi connectivity index (χ1n) is 9.60. The second kappa shape index (κ2) is 7.86. The van der Waals surface area contributed by atoms with Crippen molar-refractivity contribution in [3.63, 3.8) is 0 Å². The number of carbonyl (C=O) groups is 1. The van der Waals surface area contributed by atoms with Gasteiger partial charge in [-0.25, -0.2) is 0 Å². The Labute approximate surface area is 169 Å². The molecule has 2 aromatic rings. The first-order valence-corrected chi connectivity index (χ1v) is 11.0. The van der Waals surface area contributed by atoms with Crippen LogP contribution in [0.2, 0.25) is 0 Å². The van der Waals surface area contributed by atoms with Gasteiger partial charge in [0.2, 0.25) is 0 Å². The average molecular weight is 420 g/mol. The van der Waals surface area contributed by atoms with Crippen LogP contribution in [0.25, 0.3) is 10.9 Å². The molecule has 0 bridgehead atoms. The van der Waals surface area contributed by atoms with E-state index >= 15 is 0 Å². The predicted molar refractivity (Wildman–Crippen MR) is 108 cm³/mol. The molecule has 1 aromatic heterocycles. The highest BCUT2D eigenvalue weighted by molar-refractivity contribution is 7.86. The molecule has 4 rings (SSSR count). The number of ether oxygens (including phenoxy) is 1. The van der Waals surface area contributed by atoms with Gasteiger partial charge in [-0.2, -0.15) is 17.0 Å². The van der Waals surface area contributed by atoms with E-state index in [9.17, 15) is 18.0 Å². The Kier molecular flexibility index (Phi) is 5.43. The third-order valence-electron chi connectivity index (χ3n) is 5.53. The van der Waals surface area contributed by atoms with Gasteiger partial charge in [0, 0.05) is 57.8 Å². The molecule has 0 spiro atoms. The molecule has 1 aromatic carbocycles. The van der Waals surface area contributed by atoms with E-state index in [4.69, 9.17) is 4.74 Å². The van der Waals surface area contributed by atoms with E-state index < -0.39 is 10.2 Å². The van der Waals surface area contributed by atoms with Crippen molar-refractivity contribution in [1.29, 1.82) is 0 Å². The van der Waals surface area contributed by atoms with Crippen LogP contribution >= 0.6 is 0 Å². The lowest BCUT2D eigenvalue weighted by Gasteiger charge is -2.37. The largest absolute Gasteiger partial charge is 0.379 e. The first kappa shape index (κ1) is 20.0. The highest BCUT2D eigenvalue weighted by Gasteiger charge is 2.34. The fourth-order valence-electron chi connectivity index (χ4n) is 3.82. The van der Waals surface area contributed by atoms with Gasteiger partial charge in [0.1, 0.15) is 0 Å². The number of nitrogens with zero attached hydrogens (tertiary/aromatic N) is 4. The van der Waals surface area contributed by atoms with E-state index in [1.54, 1.807) is 18.0 Å². The van der Waals surface area contributed by atoms with E-state index in [1.165, 1.54) is 19.2 Å². The van der Waals surface area contributed by atoms with E-state index in [1.807, 2.05) is 18.2 Å². The van der Waals surface area contributed by atoms with Crippen molar-refractivity contribution in [3.05, 3.63) is 46.2 Å². The zero-order valence-electron chi connectivity index (χ0n) is 16.3. The fourth-order valence-corrected chi connectivity index (χ4v) is 5.38. The van der Waals surface area contributed by atoms with Crippen LogP contribution in [0.3, 0.4) is 0 Å². The molecule has 1 amide bonds. The van der Waals surface area contributed by atoms with E-state index in [-0.39, 0.29) is 37.6 Å². The molecule has 10 heteroatoms. The molecule has 0 saturated carbocycles. The molecule has 2 aliphatic rings. The van der Waals surface area contributed by atoms with Crippen LogP contribution in [-0.2, 0) is 22.0 Å². The van der Waals surface area contributed by atoms with Gasteiger partial charge in [-0.15, -0.1) is 0 Å². The minimum absolute atomic E-state index is 0.230. The van der Waals surface area contributed by atoms with Crippen molar-refractivity contribution in [1.82, 2.24) is 18.1 Å². The first-order chi connectivity index (χ1) is 13.9. The number of morpholine rings is 1. The number of hydrogen-bond acceptors (Lipinski definition) is 5. The summed E-state index contributed by atoms with van der Waals surface area (Å²) in [6.07, 6.45) is 0. The summed E-state index contributed by atoms with van der Waals surface area (Å²) in [4.78, 5) is 27.0. The van der Waals surface area contributed by atoms with Gasteiger partial charge in [0.25, 0.3) is 21.7 Å². The molecule has 2 saturated heterocycles. The lowest BCUT2D eigenvalue weighted by Crippen LogP contribution is -2.55. The van der Waals surface area contributed by atoms with E-state index in [0.717, 1.165) is 0 Å². The minimum atomic E-state index is -3.55.